The molecule has 0 aliphatic carbocycles. The van der Waals surface area contributed by atoms with E-state index < -0.39 is 20.9 Å². The largest absolute Gasteiger partial charge is 0.411 e. The number of benzene rings is 1. The topological polar surface area (TPSA) is 66.7 Å². The first-order chi connectivity index (χ1) is 7.36. The van der Waals surface area contributed by atoms with Crippen molar-refractivity contribution < 1.29 is 18.0 Å². The fourth-order valence-corrected chi connectivity index (χ4v) is 1.79. The van der Waals surface area contributed by atoms with Crippen molar-refractivity contribution in [2.75, 3.05) is 6.26 Å². The van der Waals surface area contributed by atoms with Crippen molar-refractivity contribution in [1.29, 1.82) is 0 Å². The van der Waals surface area contributed by atoms with Gasteiger partial charge in [0.05, 0.1) is 0 Å². The summed E-state index contributed by atoms with van der Waals surface area (Å²) in [5.41, 5.74) is 0.379. The fourth-order valence-electron chi connectivity index (χ4n) is 1.20. The number of hydrogen-bond donors (Lipinski definition) is 1. The van der Waals surface area contributed by atoms with Crippen LogP contribution in [-0.4, -0.2) is 30.8 Å². The van der Waals surface area contributed by atoms with E-state index in [9.17, 15) is 12.8 Å². The molecule has 1 N–H and O–H groups in total. The monoisotopic (exact) mass is 245 g/mol. The first kappa shape index (κ1) is 12.6. The Morgan fingerprint density at radius 1 is 1.38 bits per heavy atom. The van der Waals surface area contributed by atoms with Crippen molar-refractivity contribution >= 4 is 15.5 Å². The van der Waals surface area contributed by atoms with Crippen LogP contribution in [0.5, 0.6) is 0 Å². The number of oxime groups is 1. The lowest BCUT2D eigenvalue weighted by Gasteiger charge is -2.11. The minimum Gasteiger partial charge on any atom is -0.411 e. The molecule has 0 spiro atoms. The summed E-state index contributed by atoms with van der Waals surface area (Å²) >= 11 is 0. The molecule has 1 aromatic rings. The third-order valence-corrected chi connectivity index (χ3v) is 3.78. The quantitative estimate of drug-likeness (QED) is 0.497. The van der Waals surface area contributed by atoms with Crippen LogP contribution in [0.2, 0.25) is 0 Å². The van der Waals surface area contributed by atoms with Gasteiger partial charge in [0.15, 0.2) is 9.84 Å². The highest BCUT2D eigenvalue weighted by atomic mass is 32.2. The molecular formula is C10H12FNO3S. The van der Waals surface area contributed by atoms with Gasteiger partial charge in [-0.3, -0.25) is 0 Å². The van der Waals surface area contributed by atoms with Crippen LogP contribution in [0.15, 0.2) is 29.4 Å². The fraction of sp³-hybridized carbons (Fsp3) is 0.300. The van der Waals surface area contributed by atoms with Crippen LogP contribution in [0.3, 0.4) is 0 Å². The summed E-state index contributed by atoms with van der Waals surface area (Å²) in [4.78, 5) is 0. The minimum atomic E-state index is -3.36. The summed E-state index contributed by atoms with van der Waals surface area (Å²) in [5.74, 6) is -0.437. The number of hydrogen-bond acceptors (Lipinski definition) is 4. The molecule has 0 aromatic heterocycles. The van der Waals surface area contributed by atoms with Gasteiger partial charge in [-0.05, 0) is 19.1 Å². The third kappa shape index (κ3) is 2.79. The predicted molar refractivity (Wildman–Crippen MR) is 59.0 cm³/mol. The Labute approximate surface area is 93.3 Å². The Balaban J connectivity index is 3.15. The molecule has 6 heteroatoms. The van der Waals surface area contributed by atoms with E-state index in [0.717, 1.165) is 6.26 Å². The number of nitrogens with zero attached hydrogens (tertiary/aromatic N) is 1. The smallest absolute Gasteiger partial charge is 0.155 e. The van der Waals surface area contributed by atoms with Crippen LogP contribution >= 0.6 is 0 Å². The lowest BCUT2D eigenvalue weighted by molar-refractivity contribution is 0.318. The van der Waals surface area contributed by atoms with Gasteiger partial charge in [0, 0.05) is 11.8 Å². The maximum absolute atomic E-state index is 12.7. The average molecular weight is 245 g/mol. The Kier molecular flexibility index (Phi) is 3.64. The second-order valence-electron chi connectivity index (χ2n) is 3.46. The lowest BCUT2D eigenvalue weighted by Crippen LogP contribution is -2.27. The first-order valence-electron chi connectivity index (χ1n) is 4.53. The zero-order chi connectivity index (χ0) is 12.3. The van der Waals surface area contributed by atoms with Crippen molar-refractivity contribution in [3.05, 3.63) is 35.6 Å². The second kappa shape index (κ2) is 4.61. The van der Waals surface area contributed by atoms with Gasteiger partial charge in [0.1, 0.15) is 16.8 Å². The average Bonchev–Trinajstić information content (AvgIpc) is 2.20. The summed E-state index contributed by atoms with van der Waals surface area (Å²) in [5, 5.41) is 10.8. The van der Waals surface area contributed by atoms with E-state index in [1.54, 1.807) is 0 Å². The zero-order valence-corrected chi connectivity index (χ0v) is 9.70. The molecule has 0 saturated heterocycles. The molecule has 4 nitrogen and oxygen atoms in total. The van der Waals surface area contributed by atoms with E-state index in [-0.39, 0.29) is 5.71 Å². The van der Waals surface area contributed by atoms with Gasteiger partial charge < -0.3 is 5.21 Å². The Hall–Kier alpha value is -1.43. The van der Waals surface area contributed by atoms with E-state index in [1.165, 1.54) is 31.2 Å². The summed E-state index contributed by atoms with van der Waals surface area (Å²) < 4.78 is 35.3. The molecular weight excluding hydrogens is 233 g/mol. The molecule has 0 heterocycles. The maximum atomic E-state index is 12.7. The molecule has 0 radical (unpaired) electrons. The van der Waals surface area contributed by atoms with Crippen LogP contribution in [-0.2, 0) is 9.84 Å². The molecule has 1 rings (SSSR count). The van der Waals surface area contributed by atoms with E-state index in [1.807, 2.05) is 0 Å². The van der Waals surface area contributed by atoms with E-state index in [4.69, 9.17) is 5.21 Å². The van der Waals surface area contributed by atoms with Gasteiger partial charge in [-0.1, -0.05) is 17.3 Å². The van der Waals surface area contributed by atoms with E-state index >= 15 is 0 Å². The van der Waals surface area contributed by atoms with Crippen LogP contribution in [0.25, 0.3) is 0 Å². The highest BCUT2D eigenvalue weighted by molar-refractivity contribution is 7.92. The standard InChI is InChI=1S/C10H12FNO3S/c1-7(16(2,14)15)10(12-13)8-3-5-9(11)6-4-8/h3-7,13H,1-2H3/b12-10-. The van der Waals surface area contributed by atoms with E-state index in [2.05, 4.69) is 5.16 Å². The number of rotatable bonds is 3. The number of halogens is 1. The molecule has 16 heavy (non-hydrogen) atoms. The summed E-state index contributed by atoms with van der Waals surface area (Å²) in [6.45, 7) is 1.41. The minimum absolute atomic E-state index is 0.00231. The molecule has 0 amide bonds. The molecule has 0 fully saturated rings. The van der Waals surface area contributed by atoms with Gasteiger partial charge in [-0.15, -0.1) is 0 Å². The molecule has 1 aromatic carbocycles. The Morgan fingerprint density at radius 2 is 1.88 bits per heavy atom. The maximum Gasteiger partial charge on any atom is 0.155 e. The van der Waals surface area contributed by atoms with E-state index in [0.29, 0.717) is 5.56 Å². The number of sulfone groups is 1. The van der Waals surface area contributed by atoms with Gasteiger partial charge >= 0.3 is 0 Å². The van der Waals surface area contributed by atoms with Gasteiger partial charge in [0.2, 0.25) is 0 Å². The normalized spacial score (nSPS) is 14.8. The van der Waals surface area contributed by atoms with Crippen molar-refractivity contribution in [3.63, 3.8) is 0 Å². The van der Waals surface area contributed by atoms with Crippen LogP contribution < -0.4 is 0 Å². The predicted octanol–water partition coefficient (Wildman–Crippen LogP) is 1.44. The Morgan fingerprint density at radius 3 is 2.25 bits per heavy atom. The molecule has 0 bridgehead atoms. The van der Waals surface area contributed by atoms with Gasteiger partial charge in [-0.2, -0.15) is 0 Å². The molecule has 1 unspecified atom stereocenters. The zero-order valence-electron chi connectivity index (χ0n) is 8.88. The lowest BCUT2D eigenvalue weighted by atomic mass is 10.1. The molecule has 0 saturated carbocycles. The Bertz CT molecular complexity index is 493. The molecule has 0 aliphatic heterocycles. The summed E-state index contributed by atoms with van der Waals surface area (Å²) in [7, 11) is -3.36. The van der Waals surface area contributed by atoms with Crippen LogP contribution in [0.1, 0.15) is 12.5 Å². The molecule has 1 atom stereocenters. The highest BCUT2D eigenvalue weighted by Crippen LogP contribution is 2.11. The molecule has 0 aliphatic rings. The van der Waals surface area contributed by atoms with Gasteiger partial charge in [0.25, 0.3) is 0 Å². The second-order valence-corrected chi connectivity index (χ2v) is 5.83. The SMILES string of the molecule is CC(/C(=N/O)c1ccc(F)cc1)S(C)(=O)=O. The van der Waals surface area contributed by atoms with Crippen LogP contribution in [0, 0.1) is 5.82 Å². The van der Waals surface area contributed by atoms with Gasteiger partial charge in [-0.25, -0.2) is 12.8 Å². The van der Waals surface area contributed by atoms with Crippen molar-refractivity contribution in [2.24, 2.45) is 5.16 Å². The highest BCUT2D eigenvalue weighted by Gasteiger charge is 2.23. The third-order valence-electron chi connectivity index (χ3n) is 2.28. The van der Waals surface area contributed by atoms with Crippen molar-refractivity contribution in [1.82, 2.24) is 0 Å². The van der Waals surface area contributed by atoms with Crippen LogP contribution in [0.4, 0.5) is 4.39 Å². The molecule has 88 valence electrons. The summed E-state index contributed by atoms with van der Waals surface area (Å²) in [6.07, 6.45) is 1.05. The summed E-state index contributed by atoms with van der Waals surface area (Å²) in [6, 6.07) is 5.09. The van der Waals surface area contributed by atoms with Crippen molar-refractivity contribution in [3.8, 4) is 0 Å². The first-order valence-corrected chi connectivity index (χ1v) is 6.48. The van der Waals surface area contributed by atoms with Crippen molar-refractivity contribution in [2.45, 2.75) is 12.2 Å².